The second-order valence-electron chi connectivity index (χ2n) is 3.59. The molecule has 0 saturated heterocycles. The van der Waals surface area contributed by atoms with Crippen molar-refractivity contribution < 1.29 is 23.8 Å². The fourth-order valence-corrected chi connectivity index (χ4v) is 1.50. The maximum Gasteiger partial charge on any atom is 0.330 e. The van der Waals surface area contributed by atoms with Crippen LogP contribution in [0.25, 0.3) is 0 Å². The Morgan fingerprint density at radius 1 is 1.15 bits per heavy atom. The molecule has 1 rings (SSSR count). The largest absolute Gasteiger partial charge is 0.493 e. The average Bonchev–Trinajstić information content (AvgIpc) is 2.50. The van der Waals surface area contributed by atoms with E-state index < -0.39 is 11.8 Å². The SMILES string of the molecule is COC(=O)C=CC(=O)c1cc(C#N)c(OC)c(OC)c1. The quantitative estimate of drug-likeness (QED) is 0.459. The molecule has 20 heavy (non-hydrogen) atoms. The minimum absolute atomic E-state index is 0.168. The molecule has 104 valence electrons. The lowest BCUT2D eigenvalue weighted by molar-refractivity contribution is -0.134. The molecule has 0 heterocycles. The molecule has 0 saturated carbocycles. The van der Waals surface area contributed by atoms with Gasteiger partial charge in [0.2, 0.25) is 0 Å². The standard InChI is InChI=1S/C14H13NO5/c1-18-12-7-9(6-10(8-15)14(12)20-3)11(16)4-5-13(17)19-2/h4-7H,1-3H3. The van der Waals surface area contributed by atoms with E-state index in [1.54, 1.807) is 0 Å². The molecule has 0 spiro atoms. The third-order valence-corrected chi connectivity index (χ3v) is 2.46. The molecule has 0 bridgehead atoms. The number of methoxy groups -OCH3 is 3. The predicted molar refractivity (Wildman–Crippen MR) is 69.7 cm³/mol. The molecule has 1 aromatic rings. The van der Waals surface area contributed by atoms with E-state index in [2.05, 4.69) is 4.74 Å². The zero-order valence-corrected chi connectivity index (χ0v) is 11.3. The zero-order chi connectivity index (χ0) is 15.1. The summed E-state index contributed by atoms with van der Waals surface area (Å²) in [5.41, 5.74) is 0.376. The average molecular weight is 275 g/mol. The monoisotopic (exact) mass is 275 g/mol. The number of hydrogen-bond acceptors (Lipinski definition) is 6. The molecule has 6 nitrogen and oxygen atoms in total. The van der Waals surface area contributed by atoms with Crippen LogP contribution in [0.4, 0.5) is 0 Å². The van der Waals surface area contributed by atoms with Crippen LogP contribution in [0.3, 0.4) is 0 Å². The maximum atomic E-state index is 11.9. The van der Waals surface area contributed by atoms with Crippen LogP contribution >= 0.6 is 0 Å². The molecule has 6 heteroatoms. The van der Waals surface area contributed by atoms with E-state index in [1.807, 2.05) is 6.07 Å². The molecule has 0 fully saturated rings. The van der Waals surface area contributed by atoms with Crippen LogP contribution in [0.15, 0.2) is 24.3 Å². The molecule has 0 aliphatic carbocycles. The van der Waals surface area contributed by atoms with Crippen LogP contribution in [-0.2, 0) is 9.53 Å². The summed E-state index contributed by atoms with van der Waals surface area (Å²) in [7, 11) is 4.01. The first kappa shape index (κ1) is 15.2. The molecule has 0 aliphatic rings. The van der Waals surface area contributed by atoms with Crippen molar-refractivity contribution in [2.24, 2.45) is 0 Å². The molecular weight excluding hydrogens is 262 g/mol. The van der Waals surface area contributed by atoms with Gasteiger partial charge in [-0.2, -0.15) is 5.26 Å². The van der Waals surface area contributed by atoms with Gasteiger partial charge in [0.25, 0.3) is 0 Å². The Labute approximate surface area is 116 Å². The van der Waals surface area contributed by atoms with Gasteiger partial charge < -0.3 is 14.2 Å². The number of carbonyl (C=O) groups excluding carboxylic acids is 2. The Kier molecular flexibility index (Phi) is 5.30. The summed E-state index contributed by atoms with van der Waals surface area (Å²) in [6.07, 6.45) is 2.07. The summed E-state index contributed by atoms with van der Waals surface area (Å²) in [5.74, 6) is -0.572. The normalized spacial score (nSPS) is 9.90. The van der Waals surface area contributed by atoms with Gasteiger partial charge in [0.05, 0.1) is 26.9 Å². The van der Waals surface area contributed by atoms with Gasteiger partial charge in [-0.15, -0.1) is 0 Å². The molecular formula is C14H13NO5. The van der Waals surface area contributed by atoms with Gasteiger partial charge in [0.15, 0.2) is 17.3 Å². The smallest absolute Gasteiger partial charge is 0.330 e. The number of ketones is 1. The van der Waals surface area contributed by atoms with Gasteiger partial charge in [0.1, 0.15) is 6.07 Å². The highest BCUT2D eigenvalue weighted by atomic mass is 16.5. The summed E-state index contributed by atoms with van der Waals surface area (Å²) in [4.78, 5) is 22.8. The van der Waals surface area contributed by atoms with Crippen molar-refractivity contribution in [3.05, 3.63) is 35.4 Å². The lowest BCUT2D eigenvalue weighted by Gasteiger charge is -2.10. The van der Waals surface area contributed by atoms with E-state index in [1.165, 1.54) is 33.5 Å². The van der Waals surface area contributed by atoms with Gasteiger partial charge in [-0.3, -0.25) is 4.79 Å². The van der Waals surface area contributed by atoms with E-state index in [0.29, 0.717) is 0 Å². The molecule has 0 N–H and O–H groups in total. The van der Waals surface area contributed by atoms with Gasteiger partial charge in [-0.25, -0.2) is 4.79 Å². The van der Waals surface area contributed by atoms with Gasteiger partial charge >= 0.3 is 5.97 Å². The van der Waals surface area contributed by atoms with Crippen LogP contribution in [0.2, 0.25) is 0 Å². The molecule has 0 atom stereocenters. The van der Waals surface area contributed by atoms with Crippen molar-refractivity contribution >= 4 is 11.8 Å². The van der Waals surface area contributed by atoms with E-state index in [4.69, 9.17) is 14.7 Å². The Hall–Kier alpha value is -2.81. The Balaban J connectivity index is 3.20. The predicted octanol–water partition coefficient (Wildman–Crippen LogP) is 1.49. The molecule has 0 amide bonds. The van der Waals surface area contributed by atoms with E-state index in [0.717, 1.165) is 12.2 Å². The van der Waals surface area contributed by atoms with Crippen LogP contribution in [-0.4, -0.2) is 33.1 Å². The summed E-state index contributed by atoms with van der Waals surface area (Å²) < 4.78 is 14.5. The summed E-state index contributed by atoms with van der Waals surface area (Å²) in [5, 5.41) is 9.04. The minimum Gasteiger partial charge on any atom is -0.493 e. The molecule has 0 aromatic heterocycles. The van der Waals surface area contributed by atoms with Crippen molar-refractivity contribution in [3.8, 4) is 17.6 Å². The van der Waals surface area contributed by atoms with Crippen molar-refractivity contribution in [2.75, 3.05) is 21.3 Å². The number of hydrogen-bond donors (Lipinski definition) is 0. The number of nitriles is 1. The minimum atomic E-state index is -0.640. The second-order valence-corrected chi connectivity index (χ2v) is 3.59. The van der Waals surface area contributed by atoms with Crippen molar-refractivity contribution in [2.45, 2.75) is 0 Å². The zero-order valence-electron chi connectivity index (χ0n) is 11.3. The van der Waals surface area contributed by atoms with E-state index in [9.17, 15) is 9.59 Å². The van der Waals surface area contributed by atoms with Crippen LogP contribution in [0.1, 0.15) is 15.9 Å². The van der Waals surface area contributed by atoms with Crippen LogP contribution in [0, 0.1) is 11.3 Å². The molecule has 0 unspecified atom stereocenters. The van der Waals surface area contributed by atoms with Gasteiger partial charge in [-0.05, 0) is 18.2 Å². The van der Waals surface area contributed by atoms with Crippen molar-refractivity contribution in [1.29, 1.82) is 5.26 Å². The summed E-state index contributed by atoms with van der Waals surface area (Å²) in [6.45, 7) is 0. The van der Waals surface area contributed by atoms with Crippen LogP contribution < -0.4 is 9.47 Å². The number of rotatable bonds is 5. The number of carbonyl (C=O) groups is 2. The highest BCUT2D eigenvalue weighted by molar-refractivity contribution is 6.07. The maximum absolute atomic E-state index is 11.9. The lowest BCUT2D eigenvalue weighted by Crippen LogP contribution is -2.02. The second kappa shape index (κ2) is 6.95. The third-order valence-electron chi connectivity index (χ3n) is 2.46. The number of esters is 1. The van der Waals surface area contributed by atoms with E-state index >= 15 is 0 Å². The van der Waals surface area contributed by atoms with Crippen molar-refractivity contribution in [3.63, 3.8) is 0 Å². The Morgan fingerprint density at radius 3 is 2.35 bits per heavy atom. The highest BCUT2D eigenvalue weighted by Gasteiger charge is 2.15. The Morgan fingerprint density at radius 2 is 1.85 bits per heavy atom. The summed E-state index contributed by atoms with van der Waals surface area (Å²) in [6, 6.07) is 4.72. The lowest BCUT2D eigenvalue weighted by atomic mass is 10.1. The van der Waals surface area contributed by atoms with E-state index in [-0.39, 0.29) is 22.6 Å². The first-order chi connectivity index (χ1) is 9.57. The highest BCUT2D eigenvalue weighted by Crippen LogP contribution is 2.32. The summed E-state index contributed by atoms with van der Waals surface area (Å²) >= 11 is 0. The number of benzene rings is 1. The molecule has 0 aliphatic heterocycles. The number of ether oxygens (including phenoxy) is 3. The van der Waals surface area contributed by atoms with Crippen molar-refractivity contribution in [1.82, 2.24) is 0 Å². The third kappa shape index (κ3) is 3.36. The number of nitrogens with zero attached hydrogens (tertiary/aromatic N) is 1. The molecule has 0 radical (unpaired) electrons. The fraction of sp³-hybridized carbons (Fsp3) is 0.214. The first-order valence-corrected chi connectivity index (χ1v) is 5.53. The van der Waals surface area contributed by atoms with Gasteiger partial charge in [-0.1, -0.05) is 0 Å². The first-order valence-electron chi connectivity index (χ1n) is 5.53. The molecule has 1 aromatic carbocycles. The topological polar surface area (TPSA) is 85.6 Å². The fourth-order valence-electron chi connectivity index (χ4n) is 1.50. The number of allylic oxidation sites excluding steroid dienone is 1. The Bertz CT molecular complexity index is 598. The van der Waals surface area contributed by atoms with Crippen LogP contribution in [0.5, 0.6) is 11.5 Å². The van der Waals surface area contributed by atoms with Gasteiger partial charge in [0, 0.05) is 11.6 Å².